The van der Waals surface area contributed by atoms with E-state index < -0.39 is 23.7 Å². The van der Waals surface area contributed by atoms with Gasteiger partial charge in [0.15, 0.2) is 0 Å². The Labute approximate surface area is 180 Å². The quantitative estimate of drug-likeness (QED) is 0.710. The molecular weight excluding hydrogens is 433 g/mol. The molecule has 2 amide bonds. The summed E-state index contributed by atoms with van der Waals surface area (Å²) < 4.78 is 41.1. The fraction of sp³-hybridized carbons (Fsp3) is 0.550. The van der Waals surface area contributed by atoms with Gasteiger partial charge in [-0.3, -0.25) is 4.79 Å². The lowest BCUT2D eigenvalue weighted by Crippen LogP contribution is -2.48. The third-order valence-electron chi connectivity index (χ3n) is 5.91. The number of piperidine rings is 1. The van der Waals surface area contributed by atoms with Gasteiger partial charge in [-0.15, -0.1) is 11.3 Å². The van der Waals surface area contributed by atoms with Gasteiger partial charge in [0.1, 0.15) is 5.82 Å². The van der Waals surface area contributed by atoms with Crippen LogP contribution in [0.1, 0.15) is 41.6 Å². The molecule has 0 unspecified atom stereocenters. The van der Waals surface area contributed by atoms with Gasteiger partial charge < -0.3 is 20.2 Å². The van der Waals surface area contributed by atoms with Crippen LogP contribution in [0, 0.1) is 5.92 Å². The van der Waals surface area contributed by atoms with Crippen molar-refractivity contribution in [3.63, 3.8) is 0 Å². The number of amides is 2. The molecule has 1 aliphatic heterocycles. The molecule has 0 spiro atoms. The first-order chi connectivity index (χ1) is 14.7. The number of alkyl halides is 3. The molecule has 2 aromatic rings. The molecule has 2 aliphatic rings. The highest BCUT2D eigenvalue weighted by Crippen LogP contribution is 2.40. The van der Waals surface area contributed by atoms with Crippen LogP contribution in [0.4, 0.5) is 23.8 Å². The highest BCUT2D eigenvalue weighted by atomic mass is 32.1. The molecule has 2 fully saturated rings. The Hall–Kier alpha value is -2.56. The average Bonchev–Trinajstić information content (AvgIpc) is 3.46. The molecule has 2 aromatic heterocycles. The summed E-state index contributed by atoms with van der Waals surface area (Å²) in [4.78, 5) is 31.4. The Kier molecular flexibility index (Phi) is 5.71. The number of thiophene rings is 1. The summed E-state index contributed by atoms with van der Waals surface area (Å²) in [6, 6.07) is 0.883. The lowest BCUT2D eigenvalue weighted by molar-refractivity contribution is -0.136. The number of anilines is 1. The van der Waals surface area contributed by atoms with Crippen LogP contribution in [-0.2, 0) is 6.18 Å². The second-order valence-electron chi connectivity index (χ2n) is 8.03. The monoisotopic (exact) mass is 456 g/mol. The van der Waals surface area contributed by atoms with Crippen LogP contribution in [0.3, 0.4) is 0 Å². The molecule has 7 nitrogen and oxygen atoms in total. The number of nitrogens with zero attached hydrogens (tertiary/aromatic N) is 3. The zero-order valence-corrected chi connectivity index (χ0v) is 17.7. The van der Waals surface area contributed by atoms with Crippen molar-refractivity contribution in [3.05, 3.63) is 22.6 Å². The molecule has 0 bridgehead atoms. The molecule has 0 aromatic carbocycles. The lowest BCUT2D eigenvalue weighted by Gasteiger charge is -2.38. The van der Waals surface area contributed by atoms with E-state index in [0.29, 0.717) is 38.4 Å². The minimum atomic E-state index is -4.58. The van der Waals surface area contributed by atoms with Gasteiger partial charge in [-0.25, -0.2) is 9.78 Å². The third-order valence-corrected chi connectivity index (χ3v) is 6.92. The maximum atomic E-state index is 13.7. The second kappa shape index (κ2) is 8.18. The van der Waals surface area contributed by atoms with E-state index in [4.69, 9.17) is 0 Å². The average molecular weight is 456 g/mol. The van der Waals surface area contributed by atoms with Gasteiger partial charge in [-0.05, 0) is 37.7 Å². The molecule has 1 aliphatic carbocycles. The maximum absolute atomic E-state index is 13.7. The number of hydrogen-bond donors (Lipinski definition) is 2. The van der Waals surface area contributed by atoms with Gasteiger partial charge in [0.25, 0.3) is 5.91 Å². The SMILES string of the molecule is CNC(=O)c1csc2c(C(F)(F)F)cc(N3CCC(N(CC4CC4)C(=O)O)CC3)nc12. The Morgan fingerprint density at radius 1 is 1.29 bits per heavy atom. The van der Waals surface area contributed by atoms with Crippen molar-refractivity contribution in [1.29, 1.82) is 0 Å². The van der Waals surface area contributed by atoms with Crippen molar-refractivity contribution in [2.45, 2.75) is 37.9 Å². The molecule has 3 heterocycles. The second-order valence-corrected chi connectivity index (χ2v) is 8.91. The molecular formula is C20H23F3N4O3S. The number of nitrogens with one attached hydrogen (secondary N) is 1. The zero-order valence-electron chi connectivity index (χ0n) is 16.9. The predicted molar refractivity (Wildman–Crippen MR) is 111 cm³/mol. The lowest BCUT2D eigenvalue weighted by atomic mass is 10.0. The molecule has 0 radical (unpaired) electrons. The number of hydrogen-bond acceptors (Lipinski definition) is 5. The van der Waals surface area contributed by atoms with Crippen LogP contribution in [0.5, 0.6) is 0 Å². The number of pyridine rings is 1. The summed E-state index contributed by atoms with van der Waals surface area (Å²) in [6.07, 6.45) is -2.40. The maximum Gasteiger partial charge on any atom is 0.417 e. The Morgan fingerprint density at radius 2 is 1.97 bits per heavy atom. The van der Waals surface area contributed by atoms with Crippen molar-refractivity contribution in [3.8, 4) is 0 Å². The molecule has 1 saturated heterocycles. The molecule has 4 rings (SSSR count). The van der Waals surface area contributed by atoms with Crippen LogP contribution in [0.15, 0.2) is 11.4 Å². The fourth-order valence-corrected chi connectivity index (χ4v) is 5.06. The smallest absolute Gasteiger partial charge is 0.417 e. The molecule has 31 heavy (non-hydrogen) atoms. The highest BCUT2D eigenvalue weighted by molar-refractivity contribution is 7.17. The summed E-state index contributed by atoms with van der Waals surface area (Å²) in [5.41, 5.74) is -0.654. The van der Waals surface area contributed by atoms with Crippen molar-refractivity contribution in [1.82, 2.24) is 15.2 Å². The minimum absolute atomic E-state index is 0.0391. The Bertz CT molecular complexity index is 997. The summed E-state index contributed by atoms with van der Waals surface area (Å²) >= 11 is 0.852. The number of halogens is 3. The van der Waals surface area contributed by atoms with E-state index in [1.54, 1.807) is 4.90 Å². The number of carbonyl (C=O) groups is 2. The number of carboxylic acid groups (broad SMARTS) is 1. The molecule has 0 atom stereocenters. The van der Waals surface area contributed by atoms with Crippen molar-refractivity contribution >= 4 is 39.4 Å². The predicted octanol–water partition coefficient (Wildman–Crippen LogP) is 4.03. The Balaban J connectivity index is 1.61. The first-order valence-corrected chi connectivity index (χ1v) is 11.0. The number of fused-ring (bicyclic) bond motifs is 1. The van der Waals surface area contributed by atoms with Crippen LogP contribution in [0.25, 0.3) is 10.2 Å². The molecule has 2 N–H and O–H groups in total. The molecule has 168 valence electrons. The van der Waals surface area contributed by atoms with Crippen molar-refractivity contribution in [2.75, 3.05) is 31.6 Å². The zero-order chi connectivity index (χ0) is 22.3. The largest absolute Gasteiger partial charge is 0.465 e. The molecule has 1 saturated carbocycles. The van der Waals surface area contributed by atoms with E-state index in [1.807, 2.05) is 0 Å². The number of rotatable bonds is 5. The van der Waals surface area contributed by atoms with Crippen LogP contribution in [0.2, 0.25) is 0 Å². The third kappa shape index (κ3) is 4.41. The van der Waals surface area contributed by atoms with Gasteiger partial charge in [0.05, 0.1) is 21.3 Å². The van der Waals surface area contributed by atoms with E-state index >= 15 is 0 Å². The fourth-order valence-electron chi connectivity index (χ4n) is 4.03. The van der Waals surface area contributed by atoms with Gasteiger partial charge in [-0.1, -0.05) is 0 Å². The summed E-state index contributed by atoms with van der Waals surface area (Å²) in [5, 5.41) is 13.4. The van der Waals surface area contributed by atoms with E-state index in [2.05, 4.69) is 10.3 Å². The summed E-state index contributed by atoms with van der Waals surface area (Å²) in [6.45, 7) is 1.32. The number of carbonyl (C=O) groups excluding carboxylic acids is 1. The van der Waals surface area contributed by atoms with E-state index in [0.717, 1.165) is 30.2 Å². The van der Waals surface area contributed by atoms with Crippen molar-refractivity contribution < 1.29 is 27.9 Å². The van der Waals surface area contributed by atoms with E-state index in [-0.39, 0.29) is 27.6 Å². The van der Waals surface area contributed by atoms with Gasteiger partial charge in [0.2, 0.25) is 0 Å². The standard InChI is InChI=1S/C20H23F3N4O3S/c1-24-18(28)13-10-31-17-14(20(21,22)23)8-15(25-16(13)17)26-6-4-12(5-7-26)27(19(29)30)9-11-2-3-11/h8,10-12H,2-7,9H2,1H3,(H,24,28)(H,29,30). The Morgan fingerprint density at radius 3 is 2.52 bits per heavy atom. The topological polar surface area (TPSA) is 85.8 Å². The van der Waals surface area contributed by atoms with Crippen molar-refractivity contribution in [2.24, 2.45) is 5.92 Å². The van der Waals surface area contributed by atoms with Gasteiger partial charge in [-0.2, -0.15) is 13.2 Å². The molecule has 11 heteroatoms. The van der Waals surface area contributed by atoms with E-state index in [1.165, 1.54) is 17.3 Å². The van der Waals surface area contributed by atoms with Gasteiger partial charge >= 0.3 is 12.3 Å². The number of aromatic nitrogens is 1. The summed E-state index contributed by atoms with van der Waals surface area (Å²) in [5.74, 6) is 0.0973. The van der Waals surface area contributed by atoms with E-state index in [9.17, 15) is 27.9 Å². The van der Waals surface area contributed by atoms with Gasteiger partial charge in [0, 0.05) is 38.1 Å². The van der Waals surface area contributed by atoms with Crippen LogP contribution in [-0.4, -0.2) is 59.7 Å². The highest BCUT2D eigenvalue weighted by Gasteiger charge is 2.37. The normalized spacial score (nSPS) is 17.7. The first kappa shape index (κ1) is 21.7. The minimum Gasteiger partial charge on any atom is -0.465 e. The van der Waals surface area contributed by atoms with Crippen LogP contribution >= 0.6 is 11.3 Å². The summed E-state index contributed by atoms with van der Waals surface area (Å²) in [7, 11) is 1.42. The first-order valence-electron chi connectivity index (χ1n) is 10.1. The van der Waals surface area contributed by atoms with Crippen LogP contribution < -0.4 is 10.2 Å².